The summed E-state index contributed by atoms with van der Waals surface area (Å²) in [4.78, 5) is 33.8. The second kappa shape index (κ2) is 6.04. The number of benzene rings is 1. The fourth-order valence-corrected chi connectivity index (χ4v) is 1.28. The van der Waals surface area contributed by atoms with Crippen LogP contribution in [0.1, 0.15) is 10.4 Å². The number of carbonyl (C=O) groups is 2. The Labute approximate surface area is 112 Å². The predicted molar refractivity (Wildman–Crippen MR) is 64.0 cm³/mol. The van der Waals surface area contributed by atoms with Gasteiger partial charge in [-0.2, -0.15) is 0 Å². The third kappa shape index (κ3) is 3.46. The molecule has 0 aliphatic heterocycles. The summed E-state index contributed by atoms with van der Waals surface area (Å²) in [6, 6.07) is 0.737. The Kier molecular flexibility index (Phi) is 4.68. The van der Waals surface area contributed by atoms with E-state index in [1.807, 2.05) is 0 Å². The van der Waals surface area contributed by atoms with Crippen LogP contribution in [0.15, 0.2) is 12.1 Å². The molecule has 0 aliphatic carbocycles. The maximum atomic E-state index is 13.1. The number of rotatable bonds is 4. The van der Waals surface area contributed by atoms with Crippen molar-refractivity contribution in [2.45, 2.75) is 0 Å². The van der Waals surface area contributed by atoms with Crippen LogP contribution in [0.5, 0.6) is 0 Å². The number of hydrogen-bond donors (Lipinski definition) is 1. The molecular weight excluding hydrogens is 276 g/mol. The summed E-state index contributed by atoms with van der Waals surface area (Å²) in [5.41, 5.74) is -1.53. The van der Waals surface area contributed by atoms with Gasteiger partial charge in [-0.05, 0) is 6.07 Å². The Bertz CT molecular complexity index is 575. The van der Waals surface area contributed by atoms with E-state index in [2.05, 4.69) is 5.32 Å². The molecule has 1 aromatic rings. The SMILES string of the molecule is CN(C)C(=O)CNC(=O)c1cc(F)c(F)cc1[N+](=O)[O-]. The number of halogens is 2. The Morgan fingerprint density at radius 3 is 2.35 bits per heavy atom. The Hall–Kier alpha value is -2.58. The van der Waals surface area contributed by atoms with E-state index in [-0.39, 0.29) is 0 Å². The monoisotopic (exact) mass is 287 g/mol. The van der Waals surface area contributed by atoms with Crippen LogP contribution in [0.3, 0.4) is 0 Å². The zero-order valence-corrected chi connectivity index (χ0v) is 10.6. The van der Waals surface area contributed by atoms with Gasteiger partial charge in [0.15, 0.2) is 11.6 Å². The largest absolute Gasteiger partial charge is 0.347 e. The van der Waals surface area contributed by atoms with Crippen molar-refractivity contribution in [1.82, 2.24) is 10.2 Å². The molecule has 2 amide bonds. The number of nitro benzene ring substituents is 1. The van der Waals surface area contributed by atoms with Crippen LogP contribution in [0.4, 0.5) is 14.5 Å². The normalized spacial score (nSPS) is 10.0. The zero-order chi connectivity index (χ0) is 15.4. The molecule has 9 heteroatoms. The fourth-order valence-electron chi connectivity index (χ4n) is 1.28. The molecule has 0 aliphatic rings. The Morgan fingerprint density at radius 2 is 1.85 bits per heavy atom. The van der Waals surface area contributed by atoms with Gasteiger partial charge < -0.3 is 10.2 Å². The summed E-state index contributed by atoms with van der Waals surface area (Å²) in [5, 5.41) is 12.8. The molecule has 0 fully saturated rings. The summed E-state index contributed by atoms with van der Waals surface area (Å²) in [7, 11) is 2.91. The van der Waals surface area contributed by atoms with Crippen molar-refractivity contribution < 1.29 is 23.3 Å². The van der Waals surface area contributed by atoms with E-state index in [0.29, 0.717) is 12.1 Å². The zero-order valence-electron chi connectivity index (χ0n) is 10.6. The number of amides is 2. The minimum absolute atomic E-state index is 0.317. The molecule has 0 aromatic heterocycles. The molecule has 0 atom stereocenters. The van der Waals surface area contributed by atoms with E-state index in [4.69, 9.17) is 0 Å². The van der Waals surface area contributed by atoms with E-state index in [9.17, 15) is 28.5 Å². The quantitative estimate of drug-likeness (QED) is 0.651. The molecule has 1 aromatic carbocycles. The third-order valence-corrected chi connectivity index (χ3v) is 2.38. The molecule has 0 heterocycles. The van der Waals surface area contributed by atoms with Gasteiger partial charge in [0, 0.05) is 14.1 Å². The molecule has 0 radical (unpaired) electrons. The number of carbonyl (C=O) groups excluding carboxylic acids is 2. The smallest absolute Gasteiger partial charge is 0.285 e. The molecule has 7 nitrogen and oxygen atoms in total. The molecule has 0 bridgehead atoms. The van der Waals surface area contributed by atoms with Gasteiger partial charge in [0.1, 0.15) is 5.56 Å². The van der Waals surface area contributed by atoms with Gasteiger partial charge in [0.05, 0.1) is 17.5 Å². The minimum atomic E-state index is -1.43. The first-order chi connectivity index (χ1) is 9.23. The second-order valence-corrected chi connectivity index (χ2v) is 4.01. The lowest BCUT2D eigenvalue weighted by Crippen LogP contribution is -2.36. The predicted octanol–water partition coefficient (Wildman–Crippen LogP) is 0.691. The number of nitrogens with one attached hydrogen (secondary N) is 1. The number of hydrogen-bond acceptors (Lipinski definition) is 4. The van der Waals surface area contributed by atoms with Crippen molar-refractivity contribution in [3.8, 4) is 0 Å². The van der Waals surface area contributed by atoms with Crippen molar-refractivity contribution >= 4 is 17.5 Å². The van der Waals surface area contributed by atoms with E-state index >= 15 is 0 Å². The van der Waals surface area contributed by atoms with Gasteiger partial charge in [-0.15, -0.1) is 0 Å². The standard InChI is InChI=1S/C11H11F2N3O4/c1-15(2)10(17)5-14-11(18)6-3-7(12)8(13)4-9(6)16(19)20/h3-4H,5H2,1-2H3,(H,14,18). The van der Waals surface area contributed by atoms with Crippen LogP contribution in [-0.4, -0.2) is 42.3 Å². The molecule has 0 spiro atoms. The topological polar surface area (TPSA) is 92.6 Å². The van der Waals surface area contributed by atoms with Crippen molar-refractivity contribution in [1.29, 1.82) is 0 Å². The lowest BCUT2D eigenvalue weighted by Gasteiger charge is -2.11. The third-order valence-electron chi connectivity index (χ3n) is 2.38. The average molecular weight is 287 g/mol. The Balaban J connectivity index is 3.00. The van der Waals surface area contributed by atoms with Crippen LogP contribution in [0, 0.1) is 21.7 Å². The first-order valence-corrected chi connectivity index (χ1v) is 5.35. The highest BCUT2D eigenvalue weighted by molar-refractivity contribution is 5.99. The molecule has 1 rings (SSSR count). The maximum Gasteiger partial charge on any atom is 0.285 e. The second-order valence-electron chi connectivity index (χ2n) is 4.01. The highest BCUT2D eigenvalue weighted by Gasteiger charge is 2.24. The first-order valence-electron chi connectivity index (χ1n) is 5.35. The summed E-state index contributed by atoms with van der Waals surface area (Å²) in [5.74, 6) is -4.31. The van der Waals surface area contributed by atoms with Gasteiger partial charge in [0.2, 0.25) is 5.91 Å². The molecule has 0 saturated heterocycles. The minimum Gasteiger partial charge on any atom is -0.347 e. The highest BCUT2D eigenvalue weighted by atomic mass is 19.2. The first kappa shape index (κ1) is 15.5. The Morgan fingerprint density at radius 1 is 1.30 bits per heavy atom. The molecule has 0 saturated carbocycles. The van der Waals surface area contributed by atoms with Gasteiger partial charge in [-0.25, -0.2) is 8.78 Å². The van der Waals surface area contributed by atoms with E-state index in [1.165, 1.54) is 19.0 Å². The van der Waals surface area contributed by atoms with E-state index in [0.717, 1.165) is 0 Å². The molecule has 108 valence electrons. The van der Waals surface area contributed by atoms with Crippen LogP contribution in [0.2, 0.25) is 0 Å². The fraction of sp³-hybridized carbons (Fsp3) is 0.273. The maximum absolute atomic E-state index is 13.1. The van der Waals surface area contributed by atoms with E-state index in [1.54, 1.807) is 0 Å². The highest BCUT2D eigenvalue weighted by Crippen LogP contribution is 2.22. The van der Waals surface area contributed by atoms with Crippen molar-refractivity contribution in [2.24, 2.45) is 0 Å². The molecule has 1 N–H and O–H groups in total. The van der Waals surface area contributed by atoms with Crippen molar-refractivity contribution in [3.63, 3.8) is 0 Å². The van der Waals surface area contributed by atoms with Gasteiger partial charge in [-0.1, -0.05) is 0 Å². The molecule has 0 unspecified atom stereocenters. The van der Waals surface area contributed by atoms with Gasteiger partial charge in [0.25, 0.3) is 11.6 Å². The number of nitrogens with zero attached hydrogens (tertiary/aromatic N) is 2. The molecular formula is C11H11F2N3O4. The average Bonchev–Trinajstić information content (AvgIpc) is 2.37. The number of likely N-dealkylation sites (N-methyl/N-ethyl adjacent to an activating group) is 1. The molecule has 20 heavy (non-hydrogen) atoms. The summed E-state index contributed by atoms with van der Waals surface area (Å²) >= 11 is 0. The summed E-state index contributed by atoms with van der Waals surface area (Å²) < 4.78 is 26.0. The van der Waals surface area contributed by atoms with Crippen LogP contribution in [0.25, 0.3) is 0 Å². The number of nitro groups is 1. The van der Waals surface area contributed by atoms with Crippen LogP contribution in [-0.2, 0) is 4.79 Å². The summed E-state index contributed by atoms with van der Waals surface area (Å²) in [6.45, 7) is -0.415. The summed E-state index contributed by atoms with van der Waals surface area (Å²) in [6.07, 6.45) is 0. The van der Waals surface area contributed by atoms with Crippen molar-refractivity contribution in [3.05, 3.63) is 39.4 Å². The van der Waals surface area contributed by atoms with Crippen LogP contribution < -0.4 is 5.32 Å². The van der Waals surface area contributed by atoms with Gasteiger partial charge >= 0.3 is 0 Å². The lowest BCUT2D eigenvalue weighted by atomic mass is 10.1. The van der Waals surface area contributed by atoms with Crippen LogP contribution >= 0.6 is 0 Å². The van der Waals surface area contributed by atoms with E-state index < -0.39 is 46.2 Å². The van der Waals surface area contributed by atoms with Crippen molar-refractivity contribution in [2.75, 3.05) is 20.6 Å². The van der Waals surface area contributed by atoms with Gasteiger partial charge in [-0.3, -0.25) is 19.7 Å². The lowest BCUT2D eigenvalue weighted by molar-refractivity contribution is -0.385.